The van der Waals surface area contributed by atoms with Gasteiger partial charge in [-0.25, -0.2) is 4.99 Å². The van der Waals surface area contributed by atoms with E-state index < -0.39 is 0 Å². The Bertz CT molecular complexity index is 548. The van der Waals surface area contributed by atoms with Crippen molar-refractivity contribution in [1.29, 1.82) is 0 Å². The van der Waals surface area contributed by atoms with Crippen molar-refractivity contribution < 1.29 is 0 Å². The van der Waals surface area contributed by atoms with E-state index in [0.717, 1.165) is 56.5 Å². The SMILES string of the molecule is CCCCNC(=NCc1nnc(C)n1C)NC1CCN(C(C)C)CC1.I. The summed E-state index contributed by atoms with van der Waals surface area (Å²) in [4.78, 5) is 7.29. The number of aromatic nitrogens is 3. The number of halogens is 1. The number of aliphatic imine (C=N–C) groups is 1. The van der Waals surface area contributed by atoms with Crippen LogP contribution in [-0.4, -0.2) is 57.3 Å². The summed E-state index contributed by atoms with van der Waals surface area (Å²) in [6.07, 6.45) is 4.65. The van der Waals surface area contributed by atoms with Crippen LogP contribution in [0.5, 0.6) is 0 Å². The minimum absolute atomic E-state index is 0. The molecule has 26 heavy (non-hydrogen) atoms. The average molecular weight is 477 g/mol. The molecule has 1 fully saturated rings. The van der Waals surface area contributed by atoms with Crippen molar-refractivity contribution >= 4 is 29.9 Å². The number of rotatable bonds is 7. The van der Waals surface area contributed by atoms with Crippen molar-refractivity contribution in [3.8, 4) is 0 Å². The zero-order valence-corrected chi connectivity index (χ0v) is 19.3. The summed E-state index contributed by atoms with van der Waals surface area (Å²) in [6.45, 7) is 12.5. The van der Waals surface area contributed by atoms with Crippen LogP contribution in [0.15, 0.2) is 4.99 Å². The summed E-state index contributed by atoms with van der Waals surface area (Å²) in [5.41, 5.74) is 0. The normalized spacial score (nSPS) is 16.6. The highest BCUT2D eigenvalue weighted by Gasteiger charge is 2.21. The molecule has 1 aliphatic heterocycles. The maximum absolute atomic E-state index is 4.75. The zero-order chi connectivity index (χ0) is 18.2. The number of guanidine groups is 1. The molecule has 0 aromatic carbocycles. The van der Waals surface area contributed by atoms with E-state index in [2.05, 4.69) is 46.5 Å². The third-order valence-electron chi connectivity index (χ3n) is 4.98. The fourth-order valence-corrected chi connectivity index (χ4v) is 3.03. The lowest BCUT2D eigenvalue weighted by Crippen LogP contribution is -2.50. The Morgan fingerprint density at radius 2 is 1.96 bits per heavy atom. The number of hydrogen-bond donors (Lipinski definition) is 2. The second kappa shape index (κ2) is 11.7. The first kappa shape index (κ1) is 23.1. The summed E-state index contributed by atoms with van der Waals surface area (Å²) in [6, 6.07) is 1.13. The minimum atomic E-state index is 0. The van der Waals surface area contributed by atoms with E-state index in [1.54, 1.807) is 0 Å². The smallest absolute Gasteiger partial charge is 0.191 e. The number of piperidine rings is 1. The molecule has 1 aromatic rings. The van der Waals surface area contributed by atoms with E-state index in [0.29, 0.717) is 18.6 Å². The van der Waals surface area contributed by atoms with Crippen molar-refractivity contribution in [2.24, 2.45) is 12.0 Å². The Balaban J connectivity index is 0.00000338. The van der Waals surface area contributed by atoms with Crippen molar-refractivity contribution in [1.82, 2.24) is 30.3 Å². The maximum atomic E-state index is 4.75. The summed E-state index contributed by atoms with van der Waals surface area (Å²) in [5.74, 6) is 2.71. The van der Waals surface area contributed by atoms with E-state index in [4.69, 9.17) is 4.99 Å². The topological polar surface area (TPSA) is 70.4 Å². The van der Waals surface area contributed by atoms with Gasteiger partial charge in [0.05, 0.1) is 0 Å². The van der Waals surface area contributed by atoms with Crippen LogP contribution in [0.25, 0.3) is 0 Å². The molecule has 0 atom stereocenters. The van der Waals surface area contributed by atoms with Gasteiger partial charge in [-0.3, -0.25) is 0 Å². The fourth-order valence-electron chi connectivity index (χ4n) is 3.03. The van der Waals surface area contributed by atoms with Crippen molar-refractivity contribution in [2.45, 2.75) is 72.0 Å². The van der Waals surface area contributed by atoms with Gasteiger partial charge in [-0.05, 0) is 40.0 Å². The number of likely N-dealkylation sites (tertiary alicyclic amines) is 1. The first-order valence-electron chi connectivity index (χ1n) is 9.65. The third-order valence-corrected chi connectivity index (χ3v) is 4.98. The highest BCUT2D eigenvalue weighted by Crippen LogP contribution is 2.13. The van der Waals surface area contributed by atoms with Crippen molar-refractivity contribution in [2.75, 3.05) is 19.6 Å². The standard InChI is InChI=1S/C18H35N7.HI/c1-6-7-10-19-18(20-13-17-23-22-15(4)24(17)5)21-16-8-11-25(12-9-16)14(2)3;/h14,16H,6-13H2,1-5H3,(H2,19,20,21);1H. The van der Waals surface area contributed by atoms with Gasteiger partial charge in [-0.15, -0.1) is 34.2 Å². The van der Waals surface area contributed by atoms with Gasteiger partial charge in [0.15, 0.2) is 11.8 Å². The van der Waals surface area contributed by atoms with Gasteiger partial charge in [0.1, 0.15) is 12.4 Å². The molecule has 2 rings (SSSR count). The Labute approximate surface area is 175 Å². The molecule has 150 valence electrons. The van der Waals surface area contributed by atoms with E-state index in [1.807, 2.05) is 18.5 Å². The number of hydrogen-bond acceptors (Lipinski definition) is 4. The first-order valence-corrected chi connectivity index (χ1v) is 9.65. The monoisotopic (exact) mass is 477 g/mol. The lowest BCUT2D eigenvalue weighted by Gasteiger charge is -2.35. The van der Waals surface area contributed by atoms with Crippen LogP contribution in [0.1, 0.15) is 58.1 Å². The summed E-state index contributed by atoms with van der Waals surface area (Å²) in [7, 11) is 1.99. The third kappa shape index (κ3) is 7.02. The fraction of sp³-hybridized carbons (Fsp3) is 0.833. The maximum Gasteiger partial charge on any atom is 0.191 e. The molecule has 2 heterocycles. The summed E-state index contributed by atoms with van der Waals surface area (Å²) >= 11 is 0. The molecule has 0 spiro atoms. The lowest BCUT2D eigenvalue weighted by atomic mass is 10.0. The van der Waals surface area contributed by atoms with Crippen LogP contribution in [0.2, 0.25) is 0 Å². The van der Waals surface area contributed by atoms with Crippen LogP contribution in [0.4, 0.5) is 0 Å². The molecule has 0 amide bonds. The second-order valence-corrected chi connectivity index (χ2v) is 7.22. The average Bonchev–Trinajstić information content (AvgIpc) is 2.92. The molecule has 0 aliphatic carbocycles. The van der Waals surface area contributed by atoms with Crippen LogP contribution in [0.3, 0.4) is 0 Å². The van der Waals surface area contributed by atoms with Crippen molar-refractivity contribution in [3.63, 3.8) is 0 Å². The molecule has 1 saturated heterocycles. The number of nitrogens with one attached hydrogen (secondary N) is 2. The number of unbranched alkanes of at least 4 members (excludes halogenated alkanes) is 1. The largest absolute Gasteiger partial charge is 0.356 e. The van der Waals surface area contributed by atoms with Crippen LogP contribution < -0.4 is 10.6 Å². The molecule has 0 radical (unpaired) electrons. The molecule has 1 aliphatic rings. The Morgan fingerprint density at radius 1 is 1.27 bits per heavy atom. The molecule has 0 bridgehead atoms. The molecule has 7 nitrogen and oxygen atoms in total. The molecule has 1 aromatic heterocycles. The summed E-state index contributed by atoms with van der Waals surface area (Å²) < 4.78 is 1.99. The number of aryl methyl sites for hydroxylation is 1. The zero-order valence-electron chi connectivity index (χ0n) is 17.0. The quantitative estimate of drug-likeness (QED) is 0.273. The van der Waals surface area contributed by atoms with Gasteiger partial charge in [-0.1, -0.05) is 13.3 Å². The highest BCUT2D eigenvalue weighted by molar-refractivity contribution is 14.0. The van der Waals surface area contributed by atoms with E-state index in [-0.39, 0.29) is 24.0 Å². The highest BCUT2D eigenvalue weighted by atomic mass is 127. The van der Waals surface area contributed by atoms with Gasteiger partial charge in [0.25, 0.3) is 0 Å². The van der Waals surface area contributed by atoms with Gasteiger partial charge >= 0.3 is 0 Å². The molecular formula is C18H36IN7. The van der Waals surface area contributed by atoms with Gasteiger partial charge in [-0.2, -0.15) is 0 Å². The molecule has 0 saturated carbocycles. The Hall–Kier alpha value is -0.900. The number of nitrogens with zero attached hydrogens (tertiary/aromatic N) is 5. The minimum Gasteiger partial charge on any atom is -0.356 e. The Morgan fingerprint density at radius 3 is 2.50 bits per heavy atom. The van der Waals surface area contributed by atoms with Crippen LogP contribution >= 0.6 is 24.0 Å². The second-order valence-electron chi connectivity index (χ2n) is 7.22. The lowest BCUT2D eigenvalue weighted by molar-refractivity contribution is 0.167. The van der Waals surface area contributed by atoms with E-state index in [1.165, 1.54) is 6.42 Å². The van der Waals surface area contributed by atoms with Gasteiger partial charge < -0.3 is 20.1 Å². The Kier molecular flexibility index (Phi) is 10.4. The van der Waals surface area contributed by atoms with Crippen molar-refractivity contribution in [3.05, 3.63) is 11.6 Å². The molecular weight excluding hydrogens is 441 g/mol. The molecule has 2 N–H and O–H groups in total. The molecule has 0 unspecified atom stereocenters. The molecule has 8 heteroatoms. The van der Waals surface area contributed by atoms with E-state index in [9.17, 15) is 0 Å². The van der Waals surface area contributed by atoms with Gasteiger partial charge in [0.2, 0.25) is 0 Å². The van der Waals surface area contributed by atoms with Gasteiger partial charge in [0, 0.05) is 38.8 Å². The first-order chi connectivity index (χ1) is 12.0. The van der Waals surface area contributed by atoms with Crippen LogP contribution in [0, 0.1) is 6.92 Å². The predicted molar refractivity (Wildman–Crippen MR) is 118 cm³/mol. The van der Waals surface area contributed by atoms with E-state index >= 15 is 0 Å². The predicted octanol–water partition coefficient (Wildman–Crippen LogP) is 2.45. The van der Waals surface area contributed by atoms with Crippen LogP contribution in [-0.2, 0) is 13.6 Å². The summed E-state index contributed by atoms with van der Waals surface area (Å²) in [5, 5.41) is 15.4.